The summed E-state index contributed by atoms with van der Waals surface area (Å²) in [6.07, 6.45) is 2.42. The first-order valence-electron chi connectivity index (χ1n) is 6.79. The average molecular weight is 310 g/mol. The van der Waals surface area contributed by atoms with Crippen molar-refractivity contribution in [2.75, 3.05) is 7.11 Å². The number of nitrogens with one attached hydrogen (secondary N) is 1. The van der Waals surface area contributed by atoms with Gasteiger partial charge in [0.25, 0.3) is 0 Å². The van der Waals surface area contributed by atoms with Crippen molar-refractivity contribution in [1.82, 2.24) is 15.0 Å². The molecule has 0 saturated heterocycles. The number of aryl methyl sites for hydroxylation is 1. The SMILES string of the molecule is CCCc1nnsc1C(Cc1ccc(OC)c(F)c1)NN. The zero-order valence-electron chi connectivity index (χ0n) is 12.1. The Hall–Kier alpha value is -1.57. The number of nitrogens with two attached hydrogens (primary N) is 1. The fraction of sp³-hybridized carbons (Fsp3) is 0.429. The third kappa shape index (κ3) is 3.75. The first kappa shape index (κ1) is 15.8. The second kappa shape index (κ2) is 7.44. The van der Waals surface area contributed by atoms with E-state index in [1.807, 2.05) is 6.07 Å². The molecule has 3 N–H and O–H groups in total. The van der Waals surface area contributed by atoms with Gasteiger partial charge in [0.2, 0.25) is 0 Å². The van der Waals surface area contributed by atoms with Crippen LogP contribution in [0, 0.1) is 5.82 Å². The minimum Gasteiger partial charge on any atom is -0.494 e. The third-order valence-corrected chi connectivity index (χ3v) is 4.13. The summed E-state index contributed by atoms with van der Waals surface area (Å²) < 4.78 is 22.7. The van der Waals surface area contributed by atoms with Gasteiger partial charge in [0.05, 0.1) is 23.7 Å². The second-order valence-electron chi connectivity index (χ2n) is 4.73. The van der Waals surface area contributed by atoms with Gasteiger partial charge in [-0.1, -0.05) is 23.9 Å². The Kier molecular flexibility index (Phi) is 5.60. The summed E-state index contributed by atoms with van der Waals surface area (Å²) in [6, 6.07) is 4.80. The predicted molar refractivity (Wildman–Crippen MR) is 80.6 cm³/mol. The minimum absolute atomic E-state index is 0.126. The summed E-state index contributed by atoms with van der Waals surface area (Å²) in [5.41, 5.74) is 4.57. The molecule has 1 aromatic carbocycles. The molecule has 0 aliphatic rings. The summed E-state index contributed by atoms with van der Waals surface area (Å²) in [5, 5.41) is 4.14. The number of rotatable bonds is 7. The second-order valence-corrected chi connectivity index (χ2v) is 5.51. The highest BCUT2D eigenvalue weighted by Gasteiger charge is 2.19. The lowest BCUT2D eigenvalue weighted by atomic mass is 10.0. The van der Waals surface area contributed by atoms with Crippen LogP contribution >= 0.6 is 11.5 Å². The topological polar surface area (TPSA) is 73.1 Å². The van der Waals surface area contributed by atoms with Crippen LogP contribution < -0.4 is 16.0 Å². The lowest BCUT2D eigenvalue weighted by Crippen LogP contribution is -2.29. The number of halogens is 1. The van der Waals surface area contributed by atoms with Crippen molar-refractivity contribution >= 4 is 11.5 Å². The molecule has 0 spiro atoms. The average Bonchev–Trinajstić information content (AvgIpc) is 2.93. The van der Waals surface area contributed by atoms with E-state index >= 15 is 0 Å². The molecule has 0 radical (unpaired) electrons. The normalized spacial score (nSPS) is 12.4. The molecule has 1 unspecified atom stereocenters. The van der Waals surface area contributed by atoms with Crippen molar-refractivity contribution in [2.45, 2.75) is 32.2 Å². The van der Waals surface area contributed by atoms with Gasteiger partial charge < -0.3 is 4.74 Å². The molecule has 114 valence electrons. The third-order valence-electron chi connectivity index (χ3n) is 3.25. The summed E-state index contributed by atoms with van der Waals surface area (Å²) >= 11 is 1.33. The van der Waals surface area contributed by atoms with E-state index in [1.165, 1.54) is 24.7 Å². The van der Waals surface area contributed by atoms with Gasteiger partial charge in [0.1, 0.15) is 0 Å². The molecule has 21 heavy (non-hydrogen) atoms. The smallest absolute Gasteiger partial charge is 0.165 e. The maximum absolute atomic E-state index is 13.7. The molecule has 5 nitrogen and oxygen atoms in total. The number of methoxy groups -OCH3 is 1. The monoisotopic (exact) mass is 310 g/mol. The number of ether oxygens (including phenoxy) is 1. The molecule has 1 aromatic heterocycles. The van der Waals surface area contributed by atoms with E-state index in [0.717, 1.165) is 29.0 Å². The molecule has 7 heteroatoms. The molecule has 0 fully saturated rings. The molecule has 1 atom stereocenters. The highest BCUT2D eigenvalue weighted by Crippen LogP contribution is 2.26. The maximum Gasteiger partial charge on any atom is 0.165 e. The van der Waals surface area contributed by atoms with Gasteiger partial charge in [-0.25, -0.2) is 4.39 Å². The predicted octanol–water partition coefficient (Wildman–Crippen LogP) is 2.39. The van der Waals surface area contributed by atoms with Crippen molar-refractivity contribution < 1.29 is 9.13 Å². The number of benzene rings is 1. The van der Waals surface area contributed by atoms with E-state index in [9.17, 15) is 4.39 Å². The van der Waals surface area contributed by atoms with Crippen molar-refractivity contribution in [2.24, 2.45) is 5.84 Å². The number of hydrogen-bond donors (Lipinski definition) is 2. The first-order valence-corrected chi connectivity index (χ1v) is 7.56. The van der Waals surface area contributed by atoms with Crippen LogP contribution in [0.5, 0.6) is 5.75 Å². The van der Waals surface area contributed by atoms with Gasteiger partial charge in [-0.3, -0.25) is 11.3 Å². The Bertz CT molecular complexity index is 590. The van der Waals surface area contributed by atoms with E-state index in [0.29, 0.717) is 6.42 Å². The summed E-state index contributed by atoms with van der Waals surface area (Å²) in [7, 11) is 1.45. The zero-order valence-corrected chi connectivity index (χ0v) is 12.9. The Balaban J connectivity index is 2.18. The minimum atomic E-state index is -0.373. The van der Waals surface area contributed by atoms with Crippen LogP contribution in [0.1, 0.15) is 35.5 Å². The Morgan fingerprint density at radius 2 is 2.29 bits per heavy atom. The quantitative estimate of drug-likeness (QED) is 0.607. The lowest BCUT2D eigenvalue weighted by molar-refractivity contribution is 0.386. The van der Waals surface area contributed by atoms with E-state index in [-0.39, 0.29) is 17.6 Å². The first-order chi connectivity index (χ1) is 10.2. The van der Waals surface area contributed by atoms with E-state index < -0.39 is 0 Å². The number of nitrogens with zero attached hydrogens (tertiary/aromatic N) is 2. The Morgan fingerprint density at radius 3 is 2.90 bits per heavy atom. The van der Waals surface area contributed by atoms with E-state index in [2.05, 4.69) is 21.9 Å². The Morgan fingerprint density at radius 1 is 1.48 bits per heavy atom. The highest BCUT2D eigenvalue weighted by atomic mass is 32.1. The number of aromatic nitrogens is 2. The largest absolute Gasteiger partial charge is 0.494 e. The molecule has 2 aromatic rings. The maximum atomic E-state index is 13.7. The fourth-order valence-corrected chi connectivity index (χ4v) is 2.94. The van der Waals surface area contributed by atoms with Crippen LogP contribution in [-0.2, 0) is 12.8 Å². The van der Waals surface area contributed by atoms with Crippen LogP contribution in [0.2, 0.25) is 0 Å². The van der Waals surface area contributed by atoms with Crippen LogP contribution in [-0.4, -0.2) is 16.7 Å². The molecule has 0 aliphatic heterocycles. The summed E-state index contributed by atoms with van der Waals surface area (Å²) in [4.78, 5) is 1.01. The van der Waals surface area contributed by atoms with E-state index in [1.54, 1.807) is 6.07 Å². The summed E-state index contributed by atoms with van der Waals surface area (Å²) in [6.45, 7) is 2.09. The van der Waals surface area contributed by atoms with Gasteiger partial charge in [0.15, 0.2) is 11.6 Å². The van der Waals surface area contributed by atoms with Gasteiger partial charge in [-0.2, -0.15) is 0 Å². The van der Waals surface area contributed by atoms with Crippen LogP contribution in [0.15, 0.2) is 18.2 Å². The van der Waals surface area contributed by atoms with Crippen molar-refractivity contribution in [1.29, 1.82) is 0 Å². The van der Waals surface area contributed by atoms with Crippen LogP contribution in [0.4, 0.5) is 4.39 Å². The van der Waals surface area contributed by atoms with Gasteiger partial charge >= 0.3 is 0 Å². The molecule has 2 rings (SSSR count). The van der Waals surface area contributed by atoms with Crippen molar-refractivity contribution in [3.63, 3.8) is 0 Å². The van der Waals surface area contributed by atoms with Gasteiger partial charge in [-0.15, -0.1) is 5.10 Å². The molecular weight excluding hydrogens is 291 g/mol. The lowest BCUT2D eigenvalue weighted by Gasteiger charge is -2.15. The molecule has 0 bridgehead atoms. The fourth-order valence-electron chi connectivity index (χ4n) is 2.19. The number of hydrogen-bond acceptors (Lipinski definition) is 6. The van der Waals surface area contributed by atoms with Gasteiger partial charge in [-0.05, 0) is 42.1 Å². The van der Waals surface area contributed by atoms with Crippen LogP contribution in [0.25, 0.3) is 0 Å². The molecule has 0 amide bonds. The van der Waals surface area contributed by atoms with E-state index in [4.69, 9.17) is 10.6 Å². The molecule has 1 heterocycles. The molecule has 0 saturated carbocycles. The molecule has 0 aliphatic carbocycles. The van der Waals surface area contributed by atoms with Crippen molar-refractivity contribution in [3.05, 3.63) is 40.2 Å². The standard InChI is InChI=1S/C14H19FN4OS/c1-3-4-11-14(21-19-18-11)12(17-16)8-9-5-6-13(20-2)10(15)7-9/h5-7,12,17H,3-4,8,16H2,1-2H3. The summed E-state index contributed by atoms with van der Waals surface area (Å²) in [5.74, 6) is 5.52. The molecular formula is C14H19FN4OS. The van der Waals surface area contributed by atoms with Gasteiger partial charge in [0, 0.05) is 0 Å². The number of hydrazine groups is 1. The van der Waals surface area contributed by atoms with Crippen molar-refractivity contribution in [3.8, 4) is 5.75 Å². The van der Waals surface area contributed by atoms with Crippen LogP contribution in [0.3, 0.4) is 0 Å². The highest BCUT2D eigenvalue weighted by molar-refractivity contribution is 7.05. The Labute approximate surface area is 127 Å². The zero-order chi connectivity index (χ0) is 15.2.